The van der Waals surface area contributed by atoms with Gasteiger partial charge in [-0.1, -0.05) is 39.0 Å². The Hall–Kier alpha value is -1.39. The fourth-order valence-electron chi connectivity index (χ4n) is 1.74. The van der Waals surface area contributed by atoms with Gasteiger partial charge in [-0.3, -0.25) is 4.79 Å². The number of amides is 1. The number of benzene rings is 1. The molecule has 106 valence electrons. The van der Waals surface area contributed by atoms with E-state index in [0.717, 1.165) is 11.1 Å². The quantitative estimate of drug-likeness (QED) is 0.765. The highest BCUT2D eigenvalue weighted by Gasteiger charge is 2.16. The molecule has 4 N–H and O–H groups in total. The van der Waals surface area contributed by atoms with Crippen LogP contribution in [0.5, 0.6) is 0 Å². The lowest BCUT2D eigenvalue weighted by atomic mass is 9.85. The van der Waals surface area contributed by atoms with Gasteiger partial charge in [-0.2, -0.15) is 0 Å². The first-order valence-corrected chi connectivity index (χ1v) is 6.51. The van der Waals surface area contributed by atoms with Crippen molar-refractivity contribution in [3.8, 4) is 0 Å². The molecule has 1 amide bonds. The lowest BCUT2D eigenvalue weighted by molar-refractivity contribution is -0.128. The molecule has 0 aromatic heterocycles. The number of hydrogen-bond acceptors (Lipinski definition) is 3. The maximum atomic E-state index is 11.5. The second-order valence-electron chi connectivity index (χ2n) is 5.86. The number of carbonyl (C=O) groups excluding carboxylic acids is 1. The Morgan fingerprint density at radius 2 is 2.05 bits per heavy atom. The van der Waals surface area contributed by atoms with E-state index in [-0.39, 0.29) is 12.0 Å². The Morgan fingerprint density at radius 1 is 1.42 bits per heavy atom. The fraction of sp³-hybridized carbons (Fsp3) is 0.533. The first-order valence-electron chi connectivity index (χ1n) is 6.51. The molecule has 1 aromatic carbocycles. The minimum Gasteiger partial charge on any atom is -0.382 e. The number of nitrogens with two attached hydrogens (primary N) is 1. The van der Waals surface area contributed by atoms with Gasteiger partial charge in [0.2, 0.25) is 5.91 Å². The Balaban J connectivity index is 2.81. The number of carbonyl (C=O) groups is 1. The Morgan fingerprint density at radius 3 is 2.58 bits per heavy atom. The van der Waals surface area contributed by atoms with Crippen LogP contribution in [-0.2, 0) is 16.8 Å². The van der Waals surface area contributed by atoms with Crippen LogP contribution in [0.25, 0.3) is 0 Å². The van der Waals surface area contributed by atoms with Crippen LogP contribution in [0.1, 0.15) is 37.5 Å². The lowest BCUT2D eigenvalue weighted by Crippen LogP contribution is -2.38. The molecular formula is C15H24N2O2. The van der Waals surface area contributed by atoms with Crippen molar-refractivity contribution in [1.82, 2.24) is 5.32 Å². The van der Waals surface area contributed by atoms with Gasteiger partial charge in [0.15, 0.2) is 0 Å². The zero-order valence-corrected chi connectivity index (χ0v) is 12.2. The third kappa shape index (κ3) is 4.33. The monoisotopic (exact) mass is 264 g/mol. The summed E-state index contributed by atoms with van der Waals surface area (Å²) in [5.41, 5.74) is 8.72. The van der Waals surface area contributed by atoms with Gasteiger partial charge in [0.25, 0.3) is 0 Å². The topological polar surface area (TPSA) is 75.3 Å². The molecule has 1 aromatic rings. The van der Waals surface area contributed by atoms with E-state index >= 15 is 0 Å². The third-order valence-electron chi connectivity index (χ3n) is 3.19. The summed E-state index contributed by atoms with van der Waals surface area (Å²) in [6.07, 6.45) is -1.13. The van der Waals surface area contributed by atoms with Crippen molar-refractivity contribution < 1.29 is 9.90 Å². The van der Waals surface area contributed by atoms with Gasteiger partial charge >= 0.3 is 0 Å². The van der Waals surface area contributed by atoms with Gasteiger partial charge in [-0.05, 0) is 29.0 Å². The Bertz CT molecular complexity index is 450. The Kier molecular flexibility index (Phi) is 5.09. The van der Waals surface area contributed by atoms with Crippen molar-refractivity contribution in [2.75, 3.05) is 6.54 Å². The molecule has 0 fully saturated rings. The van der Waals surface area contributed by atoms with E-state index in [0.29, 0.717) is 6.54 Å². The summed E-state index contributed by atoms with van der Waals surface area (Å²) in [7, 11) is 0. The summed E-state index contributed by atoms with van der Waals surface area (Å²) in [6.45, 7) is 8.81. The van der Waals surface area contributed by atoms with Crippen molar-refractivity contribution in [1.29, 1.82) is 0 Å². The summed E-state index contributed by atoms with van der Waals surface area (Å²) >= 11 is 0. The van der Waals surface area contributed by atoms with Gasteiger partial charge in [0.05, 0.1) is 0 Å². The van der Waals surface area contributed by atoms with Crippen LogP contribution >= 0.6 is 0 Å². The predicted molar refractivity (Wildman–Crippen MR) is 76.8 cm³/mol. The van der Waals surface area contributed by atoms with Crippen LogP contribution in [0.4, 0.5) is 0 Å². The molecule has 1 atom stereocenters. The first kappa shape index (κ1) is 15.7. The normalized spacial score (nSPS) is 13.2. The number of aliphatic hydroxyl groups is 1. The molecule has 4 nitrogen and oxygen atoms in total. The molecule has 4 heteroatoms. The average Bonchev–Trinajstić information content (AvgIpc) is 2.35. The SMILES string of the molecule is Cc1ccc(C(C)(C)C)cc1CNC(=O)C(O)CN. The minimum absolute atomic E-state index is 0.0627. The van der Waals surface area contributed by atoms with Crippen molar-refractivity contribution in [3.63, 3.8) is 0 Å². The van der Waals surface area contributed by atoms with E-state index in [9.17, 15) is 9.90 Å². The number of nitrogens with one attached hydrogen (secondary N) is 1. The van der Waals surface area contributed by atoms with Crippen molar-refractivity contribution in [2.24, 2.45) is 5.73 Å². The molecule has 0 aliphatic heterocycles. The molecule has 0 radical (unpaired) electrons. The van der Waals surface area contributed by atoms with E-state index < -0.39 is 12.0 Å². The maximum Gasteiger partial charge on any atom is 0.250 e. The molecule has 0 heterocycles. The molecule has 0 saturated heterocycles. The second kappa shape index (κ2) is 6.17. The summed E-state index contributed by atoms with van der Waals surface area (Å²) < 4.78 is 0. The average molecular weight is 264 g/mol. The molecular weight excluding hydrogens is 240 g/mol. The predicted octanol–water partition coefficient (Wildman–Crippen LogP) is 1.23. The molecule has 0 spiro atoms. The van der Waals surface area contributed by atoms with E-state index in [1.54, 1.807) is 0 Å². The second-order valence-corrected chi connectivity index (χ2v) is 5.86. The highest BCUT2D eigenvalue weighted by molar-refractivity contribution is 5.80. The van der Waals surface area contributed by atoms with Crippen LogP contribution in [0.3, 0.4) is 0 Å². The van der Waals surface area contributed by atoms with Crippen LogP contribution in [0, 0.1) is 6.92 Å². The zero-order chi connectivity index (χ0) is 14.6. The molecule has 1 rings (SSSR count). The molecule has 19 heavy (non-hydrogen) atoms. The van der Waals surface area contributed by atoms with Gasteiger partial charge in [0, 0.05) is 13.1 Å². The van der Waals surface area contributed by atoms with Crippen LogP contribution in [-0.4, -0.2) is 23.7 Å². The third-order valence-corrected chi connectivity index (χ3v) is 3.19. The van der Waals surface area contributed by atoms with Crippen LogP contribution < -0.4 is 11.1 Å². The molecule has 0 aliphatic carbocycles. The number of aliphatic hydroxyl groups excluding tert-OH is 1. The highest BCUT2D eigenvalue weighted by atomic mass is 16.3. The summed E-state index contributed by atoms with van der Waals surface area (Å²) in [5, 5.41) is 12.0. The van der Waals surface area contributed by atoms with E-state index in [4.69, 9.17) is 5.73 Å². The van der Waals surface area contributed by atoms with Gasteiger partial charge in [0.1, 0.15) is 6.10 Å². The molecule has 0 aliphatic rings. The summed E-state index contributed by atoms with van der Waals surface area (Å²) in [5.74, 6) is -0.428. The van der Waals surface area contributed by atoms with Crippen LogP contribution in [0.2, 0.25) is 0 Å². The van der Waals surface area contributed by atoms with Crippen LogP contribution in [0.15, 0.2) is 18.2 Å². The summed E-state index contributed by atoms with van der Waals surface area (Å²) in [4.78, 5) is 11.5. The van der Waals surface area contributed by atoms with Crippen molar-refractivity contribution >= 4 is 5.91 Å². The van der Waals surface area contributed by atoms with E-state index in [1.807, 2.05) is 6.92 Å². The summed E-state index contributed by atoms with van der Waals surface area (Å²) in [6, 6.07) is 6.27. The fourth-order valence-corrected chi connectivity index (χ4v) is 1.74. The minimum atomic E-state index is -1.13. The van der Waals surface area contributed by atoms with E-state index in [1.165, 1.54) is 5.56 Å². The number of hydrogen-bond donors (Lipinski definition) is 3. The molecule has 1 unspecified atom stereocenters. The smallest absolute Gasteiger partial charge is 0.250 e. The standard InChI is InChI=1S/C15H24N2O2/c1-10-5-6-12(15(2,3)4)7-11(10)9-17-14(19)13(18)8-16/h5-7,13,18H,8-9,16H2,1-4H3,(H,17,19). The van der Waals surface area contributed by atoms with Gasteiger partial charge in [-0.25, -0.2) is 0 Å². The highest BCUT2D eigenvalue weighted by Crippen LogP contribution is 2.24. The largest absolute Gasteiger partial charge is 0.382 e. The first-order chi connectivity index (χ1) is 8.75. The Labute approximate surface area is 115 Å². The molecule has 0 saturated carbocycles. The number of rotatable bonds is 4. The molecule has 0 bridgehead atoms. The maximum absolute atomic E-state index is 11.5. The zero-order valence-electron chi connectivity index (χ0n) is 12.2. The van der Waals surface area contributed by atoms with E-state index in [2.05, 4.69) is 44.3 Å². The van der Waals surface area contributed by atoms with Gasteiger partial charge in [-0.15, -0.1) is 0 Å². The van der Waals surface area contributed by atoms with Crippen molar-refractivity contribution in [3.05, 3.63) is 34.9 Å². The number of aryl methyl sites for hydroxylation is 1. The van der Waals surface area contributed by atoms with Gasteiger partial charge < -0.3 is 16.2 Å². The lowest BCUT2D eigenvalue weighted by Gasteiger charge is -2.21. The van der Waals surface area contributed by atoms with Crippen molar-refractivity contribution in [2.45, 2.75) is 45.8 Å².